The summed E-state index contributed by atoms with van der Waals surface area (Å²) in [6, 6.07) is 6.41. The third-order valence-electron chi connectivity index (χ3n) is 4.13. The number of benzene rings is 1. The number of nitrogens with zero attached hydrogens (tertiary/aromatic N) is 1. The normalized spacial score (nSPS) is 19.8. The fourth-order valence-electron chi connectivity index (χ4n) is 2.93. The summed E-state index contributed by atoms with van der Waals surface area (Å²) < 4.78 is 10.8. The van der Waals surface area contributed by atoms with E-state index in [9.17, 15) is 0 Å². The van der Waals surface area contributed by atoms with Gasteiger partial charge in [-0.1, -0.05) is 6.07 Å². The number of hydrogen-bond acceptors (Lipinski definition) is 4. The van der Waals surface area contributed by atoms with Gasteiger partial charge in [0.25, 0.3) is 0 Å². The molecule has 1 fully saturated rings. The van der Waals surface area contributed by atoms with E-state index in [-0.39, 0.29) is 0 Å². The van der Waals surface area contributed by atoms with E-state index in [0.717, 1.165) is 24.6 Å². The Bertz CT molecular complexity index is 428. The van der Waals surface area contributed by atoms with Crippen LogP contribution in [0, 0.1) is 0 Å². The second kappa shape index (κ2) is 5.80. The zero-order valence-corrected chi connectivity index (χ0v) is 11.5. The molecule has 0 amide bonds. The minimum absolute atomic E-state index is 0.362. The van der Waals surface area contributed by atoms with Gasteiger partial charge in [-0.15, -0.1) is 0 Å². The lowest BCUT2D eigenvalue weighted by Crippen LogP contribution is -2.37. The van der Waals surface area contributed by atoms with Crippen LogP contribution < -0.4 is 14.8 Å². The largest absolute Gasteiger partial charge is 0.454 e. The topological polar surface area (TPSA) is 33.7 Å². The first kappa shape index (κ1) is 12.8. The highest BCUT2D eigenvalue weighted by atomic mass is 16.7. The molecule has 2 aliphatic rings. The number of likely N-dealkylation sites (tertiary alicyclic amines) is 1. The Morgan fingerprint density at radius 1 is 1.21 bits per heavy atom. The lowest BCUT2D eigenvalue weighted by molar-refractivity contribution is 0.174. The van der Waals surface area contributed by atoms with Gasteiger partial charge in [0.1, 0.15) is 0 Å². The maximum atomic E-state index is 5.46. The van der Waals surface area contributed by atoms with Gasteiger partial charge in [-0.3, -0.25) is 0 Å². The van der Waals surface area contributed by atoms with Crippen molar-refractivity contribution in [3.05, 3.63) is 23.8 Å². The van der Waals surface area contributed by atoms with Gasteiger partial charge in [0, 0.05) is 13.1 Å². The standard InChI is InChI=1S/C15H22N2O2/c1-16-6-9-17-7-4-12(5-8-17)13-2-3-14-15(10-13)19-11-18-14/h2-3,10,12,16H,4-9,11H2,1H3. The number of piperidine rings is 1. The molecule has 0 saturated carbocycles. The van der Waals surface area contributed by atoms with Crippen LogP contribution in [0.1, 0.15) is 24.3 Å². The molecule has 104 valence electrons. The number of fused-ring (bicyclic) bond motifs is 1. The molecule has 0 spiro atoms. The lowest BCUT2D eigenvalue weighted by Gasteiger charge is -2.32. The van der Waals surface area contributed by atoms with Crippen LogP contribution in [-0.2, 0) is 0 Å². The molecule has 0 unspecified atom stereocenters. The summed E-state index contributed by atoms with van der Waals surface area (Å²) in [5.41, 5.74) is 1.40. The molecule has 0 aliphatic carbocycles. The van der Waals surface area contributed by atoms with Gasteiger partial charge in [-0.25, -0.2) is 0 Å². The first-order chi connectivity index (χ1) is 9.36. The van der Waals surface area contributed by atoms with Crippen LogP contribution in [0.25, 0.3) is 0 Å². The summed E-state index contributed by atoms with van der Waals surface area (Å²) in [5, 5.41) is 3.21. The number of rotatable bonds is 4. The fraction of sp³-hybridized carbons (Fsp3) is 0.600. The van der Waals surface area contributed by atoms with Crippen molar-refractivity contribution in [2.45, 2.75) is 18.8 Å². The summed E-state index contributed by atoms with van der Waals surface area (Å²) in [4.78, 5) is 2.54. The molecule has 1 N–H and O–H groups in total. The van der Waals surface area contributed by atoms with E-state index in [1.807, 2.05) is 13.1 Å². The van der Waals surface area contributed by atoms with Gasteiger partial charge in [0.15, 0.2) is 11.5 Å². The Morgan fingerprint density at radius 3 is 2.79 bits per heavy atom. The summed E-state index contributed by atoms with van der Waals surface area (Å²) in [7, 11) is 2.01. The molecule has 0 radical (unpaired) electrons. The van der Waals surface area contributed by atoms with Gasteiger partial charge in [0.05, 0.1) is 0 Å². The monoisotopic (exact) mass is 262 g/mol. The minimum atomic E-state index is 0.362. The molecule has 3 rings (SSSR count). The maximum Gasteiger partial charge on any atom is 0.231 e. The average Bonchev–Trinajstić information content (AvgIpc) is 2.93. The van der Waals surface area contributed by atoms with Gasteiger partial charge >= 0.3 is 0 Å². The molecule has 0 aromatic heterocycles. The van der Waals surface area contributed by atoms with Crippen LogP contribution in [0.5, 0.6) is 11.5 Å². The molecular weight excluding hydrogens is 240 g/mol. The van der Waals surface area contributed by atoms with E-state index in [4.69, 9.17) is 9.47 Å². The van der Waals surface area contributed by atoms with E-state index in [2.05, 4.69) is 22.3 Å². The second-order valence-electron chi connectivity index (χ2n) is 5.33. The van der Waals surface area contributed by atoms with Crippen LogP contribution in [0.2, 0.25) is 0 Å². The van der Waals surface area contributed by atoms with Crippen molar-refractivity contribution in [1.29, 1.82) is 0 Å². The van der Waals surface area contributed by atoms with Crippen LogP contribution in [0.3, 0.4) is 0 Å². The van der Waals surface area contributed by atoms with Crippen LogP contribution >= 0.6 is 0 Å². The predicted molar refractivity (Wildman–Crippen MR) is 74.9 cm³/mol. The summed E-state index contributed by atoms with van der Waals surface area (Å²) in [6.07, 6.45) is 2.48. The predicted octanol–water partition coefficient (Wildman–Crippen LogP) is 1.81. The van der Waals surface area contributed by atoms with Crippen molar-refractivity contribution >= 4 is 0 Å². The van der Waals surface area contributed by atoms with Crippen molar-refractivity contribution in [2.24, 2.45) is 0 Å². The van der Waals surface area contributed by atoms with E-state index in [1.54, 1.807) is 0 Å². The molecule has 2 aliphatic heterocycles. The van der Waals surface area contributed by atoms with E-state index >= 15 is 0 Å². The van der Waals surface area contributed by atoms with Gasteiger partial charge in [0.2, 0.25) is 6.79 Å². The van der Waals surface area contributed by atoms with Crippen LogP contribution in [0.4, 0.5) is 0 Å². The van der Waals surface area contributed by atoms with E-state index in [0.29, 0.717) is 12.7 Å². The third kappa shape index (κ3) is 2.85. The third-order valence-corrected chi connectivity index (χ3v) is 4.13. The Labute approximate surface area is 114 Å². The van der Waals surface area contributed by atoms with E-state index in [1.165, 1.54) is 31.5 Å². The highest BCUT2D eigenvalue weighted by Crippen LogP contribution is 2.37. The second-order valence-corrected chi connectivity index (χ2v) is 5.33. The molecule has 2 heterocycles. The van der Waals surface area contributed by atoms with Gasteiger partial charge in [-0.2, -0.15) is 0 Å². The van der Waals surface area contributed by atoms with Gasteiger partial charge < -0.3 is 19.7 Å². The minimum Gasteiger partial charge on any atom is -0.454 e. The summed E-state index contributed by atoms with van der Waals surface area (Å²) in [5.74, 6) is 2.46. The molecule has 19 heavy (non-hydrogen) atoms. The first-order valence-electron chi connectivity index (χ1n) is 7.13. The molecular formula is C15H22N2O2. The fourth-order valence-corrected chi connectivity index (χ4v) is 2.93. The van der Waals surface area contributed by atoms with Crippen molar-refractivity contribution in [3.8, 4) is 11.5 Å². The van der Waals surface area contributed by atoms with Gasteiger partial charge in [-0.05, 0) is 56.6 Å². The summed E-state index contributed by atoms with van der Waals surface area (Å²) >= 11 is 0. The van der Waals surface area contributed by atoms with Crippen LogP contribution in [0.15, 0.2) is 18.2 Å². The molecule has 1 aromatic rings. The Kier molecular flexibility index (Phi) is 3.89. The maximum absolute atomic E-state index is 5.46. The Hall–Kier alpha value is -1.26. The van der Waals surface area contributed by atoms with Crippen molar-refractivity contribution < 1.29 is 9.47 Å². The molecule has 1 aromatic carbocycles. The quantitative estimate of drug-likeness (QED) is 0.897. The summed E-state index contributed by atoms with van der Waals surface area (Å²) in [6.45, 7) is 4.99. The molecule has 0 bridgehead atoms. The molecule has 0 atom stereocenters. The van der Waals surface area contributed by atoms with E-state index < -0.39 is 0 Å². The molecule has 4 heteroatoms. The van der Waals surface area contributed by atoms with Crippen molar-refractivity contribution in [3.63, 3.8) is 0 Å². The molecule has 1 saturated heterocycles. The Balaban J connectivity index is 1.59. The number of hydrogen-bond donors (Lipinski definition) is 1. The van der Waals surface area contributed by atoms with Crippen LogP contribution in [-0.4, -0.2) is 44.9 Å². The SMILES string of the molecule is CNCCN1CCC(c2ccc3c(c2)OCO3)CC1. The Morgan fingerprint density at radius 2 is 2.00 bits per heavy atom. The smallest absolute Gasteiger partial charge is 0.231 e. The molecule has 4 nitrogen and oxygen atoms in total. The van der Waals surface area contributed by atoms with Crippen molar-refractivity contribution in [2.75, 3.05) is 40.0 Å². The number of ether oxygens (including phenoxy) is 2. The highest BCUT2D eigenvalue weighted by molar-refractivity contribution is 5.45. The number of nitrogens with one attached hydrogen (secondary N) is 1. The zero-order valence-electron chi connectivity index (χ0n) is 11.5. The number of likely N-dealkylation sites (N-methyl/N-ethyl adjacent to an activating group) is 1. The highest BCUT2D eigenvalue weighted by Gasteiger charge is 2.22. The lowest BCUT2D eigenvalue weighted by atomic mass is 9.89. The van der Waals surface area contributed by atoms with Crippen molar-refractivity contribution in [1.82, 2.24) is 10.2 Å². The first-order valence-corrected chi connectivity index (χ1v) is 7.13. The zero-order chi connectivity index (χ0) is 13.1. The average molecular weight is 262 g/mol.